The summed E-state index contributed by atoms with van der Waals surface area (Å²) in [7, 11) is 0. The lowest BCUT2D eigenvalue weighted by Gasteiger charge is -2.09. The molecule has 0 unspecified atom stereocenters. The predicted octanol–water partition coefficient (Wildman–Crippen LogP) is 4.36. The maximum absolute atomic E-state index is 10.7. The van der Waals surface area contributed by atoms with Crippen molar-refractivity contribution in [2.24, 2.45) is 0 Å². The van der Waals surface area contributed by atoms with Crippen LogP contribution < -0.4 is 4.74 Å². The van der Waals surface area contributed by atoms with E-state index in [0.717, 1.165) is 0 Å². The van der Waals surface area contributed by atoms with Crippen LogP contribution in [0.5, 0.6) is 11.6 Å². The molecule has 1 aromatic heterocycles. The fourth-order valence-electron chi connectivity index (χ4n) is 1.22. The minimum absolute atomic E-state index is 0.0728. The summed E-state index contributed by atoms with van der Waals surface area (Å²) in [4.78, 5) is 17.9. The van der Waals surface area contributed by atoms with Crippen molar-refractivity contribution in [3.63, 3.8) is 0 Å². The van der Waals surface area contributed by atoms with Crippen LogP contribution in [0.3, 0.4) is 0 Å². The Kier molecular flexibility index (Phi) is 4.33. The Bertz CT molecular complexity index is 631. The van der Waals surface area contributed by atoms with Crippen LogP contribution in [-0.2, 0) is 0 Å². The van der Waals surface area contributed by atoms with Crippen molar-refractivity contribution in [3.8, 4) is 11.6 Å². The number of rotatable bonds is 3. The number of halogens is 3. The molecule has 98 valence electrons. The maximum atomic E-state index is 10.7. The van der Waals surface area contributed by atoms with Gasteiger partial charge in [0, 0.05) is 24.5 Å². The number of nitro benzene ring substituents is 1. The van der Waals surface area contributed by atoms with E-state index in [-0.39, 0.29) is 16.7 Å². The normalized spacial score (nSPS) is 10.3. The van der Waals surface area contributed by atoms with Crippen LogP contribution >= 0.6 is 43.5 Å². The largest absolute Gasteiger partial charge is 0.434 e. The van der Waals surface area contributed by atoms with E-state index in [2.05, 4.69) is 41.8 Å². The molecule has 1 aromatic carbocycles. The van der Waals surface area contributed by atoms with E-state index in [1.165, 1.54) is 24.5 Å². The summed E-state index contributed by atoms with van der Waals surface area (Å²) >= 11 is 12.2. The van der Waals surface area contributed by atoms with Crippen molar-refractivity contribution >= 4 is 49.1 Å². The molecule has 0 radical (unpaired) electrons. The zero-order valence-electron chi connectivity index (χ0n) is 9.01. The SMILES string of the molecule is O=[N+]([O-])c1cc(Br)c(Oc2nccnc2Cl)c(Br)c1. The molecule has 0 N–H and O–H groups in total. The lowest BCUT2D eigenvalue weighted by molar-refractivity contribution is -0.385. The molecule has 0 aliphatic rings. The minimum Gasteiger partial charge on any atom is -0.434 e. The average molecular weight is 409 g/mol. The fraction of sp³-hybridized carbons (Fsp3) is 0. The van der Waals surface area contributed by atoms with Crippen LogP contribution in [0.2, 0.25) is 5.15 Å². The summed E-state index contributed by atoms with van der Waals surface area (Å²) in [5, 5.41) is 10.8. The Labute approximate surface area is 129 Å². The third-order valence-electron chi connectivity index (χ3n) is 2.02. The Morgan fingerprint density at radius 2 is 1.79 bits per heavy atom. The highest BCUT2D eigenvalue weighted by molar-refractivity contribution is 9.11. The molecule has 19 heavy (non-hydrogen) atoms. The van der Waals surface area contributed by atoms with Crippen LogP contribution in [0.1, 0.15) is 0 Å². The van der Waals surface area contributed by atoms with Gasteiger partial charge in [-0.3, -0.25) is 10.1 Å². The molecule has 0 saturated heterocycles. The van der Waals surface area contributed by atoms with Gasteiger partial charge in [0.1, 0.15) is 0 Å². The molecule has 2 rings (SSSR count). The van der Waals surface area contributed by atoms with E-state index >= 15 is 0 Å². The monoisotopic (exact) mass is 407 g/mol. The molecule has 9 heteroatoms. The van der Waals surface area contributed by atoms with E-state index in [9.17, 15) is 10.1 Å². The van der Waals surface area contributed by atoms with Crippen molar-refractivity contribution in [1.82, 2.24) is 9.97 Å². The summed E-state index contributed by atoms with van der Waals surface area (Å²) in [6.45, 7) is 0. The summed E-state index contributed by atoms with van der Waals surface area (Å²) in [6.07, 6.45) is 2.85. The van der Waals surface area contributed by atoms with Gasteiger partial charge in [-0.15, -0.1) is 0 Å². The van der Waals surface area contributed by atoms with Crippen LogP contribution in [0.25, 0.3) is 0 Å². The van der Waals surface area contributed by atoms with E-state index in [1.807, 2.05) is 0 Å². The van der Waals surface area contributed by atoms with Crippen LogP contribution in [-0.4, -0.2) is 14.9 Å². The molecule has 0 aliphatic carbocycles. The summed E-state index contributed by atoms with van der Waals surface area (Å²) in [5.74, 6) is 0.437. The molecule has 0 atom stereocenters. The molecule has 0 amide bonds. The summed E-state index contributed by atoms with van der Waals surface area (Å²) in [5.41, 5.74) is -0.0728. The summed E-state index contributed by atoms with van der Waals surface area (Å²) < 4.78 is 6.28. The number of nitrogens with zero attached hydrogens (tertiary/aromatic N) is 3. The molecule has 2 aromatic rings. The zero-order valence-corrected chi connectivity index (χ0v) is 12.9. The number of hydrogen-bond donors (Lipinski definition) is 0. The lowest BCUT2D eigenvalue weighted by Crippen LogP contribution is -1.94. The standard InChI is InChI=1S/C10H4Br2ClN3O3/c11-6-3-5(16(17)18)4-7(12)8(6)19-10-9(13)14-1-2-15-10/h1-4H. The van der Waals surface area contributed by atoms with Gasteiger partial charge in [0.25, 0.3) is 11.6 Å². The smallest absolute Gasteiger partial charge is 0.271 e. The van der Waals surface area contributed by atoms with Crippen molar-refractivity contribution in [2.45, 2.75) is 0 Å². The van der Waals surface area contributed by atoms with Gasteiger partial charge in [0.05, 0.1) is 13.9 Å². The van der Waals surface area contributed by atoms with E-state index in [0.29, 0.717) is 14.7 Å². The third-order valence-corrected chi connectivity index (χ3v) is 3.45. The lowest BCUT2D eigenvalue weighted by atomic mass is 10.3. The molecule has 0 aliphatic heterocycles. The molecule has 0 saturated carbocycles. The van der Waals surface area contributed by atoms with Gasteiger partial charge in [-0.05, 0) is 31.9 Å². The molecule has 6 nitrogen and oxygen atoms in total. The average Bonchev–Trinajstić information content (AvgIpc) is 2.35. The van der Waals surface area contributed by atoms with Crippen LogP contribution in [0, 0.1) is 10.1 Å². The number of hydrogen-bond acceptors (Lipinski definition) is 5. The maximum Gasteiger partial charge on any atom is 0.271 e. The number of benzene rings is 1. The molecular formula is C10H4Br2ClN3O3. The van der Waals surface area contributed by atoms with Crippen molar-refractivity contribution < 1.29 is 9.66 Å². The first-order valence-electron chi connectivity index (χ1n) is 4.77. The highest BCUT2D eigenvalue weighted by atomic mass is 79.9. The number of aromatic nitrogens is 2. The van der Waals surface area contributed by atoms with Gasteiger partial charge in [-0.25, -0.2) is 9.97 Å². The topological polar surface area (TPSA) is 78.2 Å². The third kappa shape index (κ3) is 3.20. The Morgan fingerprint density at radius 1 is 1.21 bits per heavy atom. The van der Waals surface area contributed by atoms with Gasteiger partial charge in [-0.2, -0.15) is 0 Å². The highest BCUT2D eigenvalue weighted by Crippen LogP contribution is 2.40. The van der Waals surface area contributed by atoms with Gasteiger partial charge in [0.2, 0.25) is 0 Å². The van der Waals surface area contributed by atoms with Crippen molar-refractivity contribution in [2.75, 3.05) is 0 Å². The second kappa shape index (κ2) is 5.81. The van der Waals surface area contributed by atoms with E-state index < -0.39 is 4.92 Å². The highest BCUT2D eigenvalue weighted by Gasteiger charge is 2.17. The van der Waals surface area contributed by atoms with Gasteiger partial charge < -0.3 is 4.74 Å². The summed E-state index contributed by atoms with van der Waals surface area (Å²) in [6, 6.07) is 2.65. The van der Waals surface area contributed by atoms with Gasteiger partial charge >= 0.3 is 0 Å². The predicted molar refractivity (Wildman–Crippen MR) is 75.6 cm³/mol. The van der Waals surface area contributed by atoms with Crippen LogP contribution in [0.15, 0.2) is 33.5 Å². The Balaban J connectivity index is 2.42. The second-order valence-corrected chi connectivity index (χ2v) is 5.32. The second-order valence-electron chi connectivity index (χ2n) is 3.25. The first-order chi connectivity index (χ1) is 8.99. The number of nitro groups is 1. The van der Waals surface area contributed by atoms with Gasteiger partial charge in [-0.1, -0.05) is 11.6 Å². The first-order valence-corrected chi connectivity index (χ1v) is 6.73. The molecular weight excluding hydrogens is 405 g/mol. The van der Waals surface area contributed by atoms with Gasteiger partial charge in [0.15, 0.2) is 10.9 Å². The molecule has 0 bridgehead atoms. The van der Waals surface area contributed by atoms with Crippen molar-refractivity contribution in [3.05, 3.63) is 48.7 Å². The first kappa shape index (κ1) is 14.2. The Morgan fingerprint density at radius 3 is 2.32 bits per heavy atom. The number of ether oxygens (including phenoxy) is 1. The van der Waals surface area contributed by atoms with Crippen LogP contribution in [0.4, 0.5) is 5.69 Å². The number of non-ortho nitro benzene ring substituents is 1. The zero-order chi connectivity index (χ0) is 14.0. The fourth-order valence-corrected chi connectivity index (χ4v) is 2.69. The minimum atomic E-state index is -0.505. The quantitative estimate of drug-likeness (QED) is 0.556. The van der Waals surface area contributed by atoms with E-state index in [4.69, 9.17) is 16.3 Å². The Hall–Kier alpha value is -1.25. The van der Waals surface area contributed by atoms with E-state index in [1.54, 1.807) is 0 Å². The molecule has 0 spiro atoms. The molecule has 0 fully saturated rings. The van der Waals surface area contributed by atoms with Crippen molar-refractivity contribution in [1.29, 1.82) is 0 Å². The molecule has 1 heterocycles.